The van der Waals surface area contributed by atoms with Gasteiger partial charge in [-0.15, -0.1) is 0 Å². The van der Waals surface area contributed by atoms with Gasteiger partial charge in [0.05, 0.1) is 6.54 Å². The van der Waals surface area contributed by atoms with E-state index in [1.807, 2.05) is 0 Å². The smallest absolute Gasteiger partial charge is 0.239 e. The zero-order chi connectivity index (χ0) is 12.1. The molecule has 0 aliphatic rings. The fraction of sp³-hybridized carbons (Fsp3) is 0.300. The standard InChI is InChI=1S/C10H13F2N3O/c1-15(2)13-6-9(16)14-10-7(11)4-3-5-8(10)12/h3-5,13H,6H2,1-2H3,(H,14,16). The quantitative estimate of drug-likeness (QED) is 0.756. The van der Waals surface area contributed by atoms with Crippen LogP contribution >= 0.6 is 0 Å². The van der Waals surface area contributed by atoms with Crippen molar-refractivity contribution in [1.82, 2.24) is 10.4 Å². The predicted octanol–water partition coefficient (Wildman–Crippen LogP) is 0.969. The highest BCUT2D eigenvalue weighted by molar-refractivity contribution is 5.92. The lowest BCUT2D eigenvalue weighted by Gasteiger charge is -2.12. The van der Waals surface area contributed by atoms with Crippen LogP contribution in [-0.4, -0.2) is 31.6 Å². The van der Waals surface area contributed by atoms with E-state index >= 15 is 0 Å². The molecule has 0 atom stereocenters. The number of para-hydroxylation sites is 1. The molecule has 0 aliphatic heterocycles. The van der Waals surface area contributed by atoms with E-state index < -0.39 is 23.2 Å². The molecule has 0 bridgehead atoms. The number of hydrogen-bond acceptors (Lipinski definition) is 3. The zero-order valence-corrected chi connectivity index (χ0v) is 9.05. The average molecular weight is 229 g/mol. The van der Waals surface area contributed by atoms with Gasteiger partial charge in [0.2, 0.25) is 5.91 Å². The summed E-state index contributed by atoms with van der Waals surface area (Å²) in [5.74, 6) is -2.10. The fourth-order valence-corrected chi connectivity index (χ4v) is 1.03. The Balaban J connectivity index is 2.63. The van der Waals surface area contributed by atoms with Crippen LogP contribution in [0.4, 0.5) is 14.5 Å². The minimum atomic E-state index is -0.793. The number of nitrogens with one attached hydrogen (secondary N) is 2. The lowest BCUT2D eigenvalue weighted by atomic mass is 10.3. The van der Waals surface area contributed by atoms with Crippen molar-refractivity contribution in [2.75, 3.05) is 26.0 Å². The molecular weight excluding hydrogens is 216 g/mol. The van der Waals surface area contributed by atoms with Gasteiger partial charge in [-0.1, -0.05) is 6.07 Å². The second kappa shape index (κ2) is 5.53. The molecule has 1 rings (SSSR count). The largest absolute Gasteiger partial charge is 0.320 e. The molecule has 0 radical (unpaired) electrons. The highest BCUT2D eigenvalue weighted by Crippen LogP contribution is 2.17. The van der Waals surface area contributed by atoms with Gasteiger partial charge in [0.1, 0.15) is 17.3 Å². The normalized spacial score (nSPS) is 10.6. The first-order chi connectivity index (χ1) is 7.50. The first-order valence-electron chi connectivity index (χ1n) is 4.65. The Morgan fingerprint density at radius 2 is 1.88 bits per heavy atom. The predicted molar refractivity (Wildman–Crippen MR) is 56.7 cm³/mol. The van der Waals surface area contributed by atoms with Crippen molar-refractivity contribution in [3.8, 4) is 0 Å². The highest BCUT2D eigenvalue weighted by atomic mass is 19.1. The summed E-state index contributed by atoms with van der Waals surface area (Å²) in [5, 5.41) is 3.72. The summed E-state index contributed by atoms with van der Waals surface area (Å²) in [6, 6.07) is 3.40. The van der Waals surface area contributed by atoms with E-state index in [0.717, 1.165) is 12.1 Å². The minimum absolute atomic E-state index is 0.0548. The maximum Gasteiger partial charge on any atom is 0.239 e. The first kappa shape index (κ1) is 12.5. The number of carbonyl (C=O) groups is 1. The van der Waals surface area contributed by atoms with Crippen LogP contribution in [0.5, 0.6) is 0 Å². The Bertz CT molecular complexity index is 362. The number of rotatable bonds is 4. The van der Waals surface area contributed by atoms with Crippen molar-refractivity contribution in [3.05, 3.63) is 29.8 Å². The second-order valence-corrected chi connectivity index (χ2v) is 3.37. The van der Waals surface area contributed by atoms with E-state index in [9.17, 15) is 13.6 Å². The molecule has 0 fully saturated rings. The lowest BCUT2D eigenvalue weighted by molar-refractivity contribution is -0.116. The number of carbonyl (C=O) groups excluding carboxylic acids is 1. The van der Waals surface area contributed by atoms with E-state index in [1.54, 1.807) is 19.1 Å². The van der Waals surface area contributed by atoms with Gasteiger partial charge in [0.15, 0.2) is 0 Å². The summed E-state index contributed by atoms with van der Waals surface area (Å²) in [4.78, 5) is 11.3. The molecule has 0 aliphatic carbocycles. The third kappa shape index (κ3) is 3.56. The van der Waals surface area contributed by atoms with E-state index in [1.165, 1.54) is 6.07 Å². The van der Waals surface area contributed by atoms with Crippen molar-refractivity contribution in [1.29, 1.82) is 0 Å². The fourth-order valence-electron chi connectivity index (χ4n) is 1.03. The number of halogens is 2. The molecule has 0 heterocycles. The van der Waals surface area contributed by atoms with E-state index in [0.29, 0.717) is 0 Å². The number of anilines is 1. The summed E-state index contributed by atoms with van der Waals surface area (Å²) in [5.41, 5.74) is 2.26. The second-order valence-electron chi connectivity index (χ2n) is 3.37. The summed E-state index contributed by atoms with van der Waals surface area (Å²) in [6.45, 7) is -0.0548. The van der Waals surface area contributed by atoms with Crippen molar-refractivity contribution in [2.45, 2.75) is 0 Å². The lowest BCUT2D eigenvalue weighted by Crippen LogP contribution is -2.37. The molecule has 0 saturated heterocycles. The number of hydrogen-bond donors (Lipinski definition) is 2. The van der Waals surface area contributed by atoms with Gasteiger partial charge in [0, 0.05) is 14.1 Å². The van der Waals surface area contributed by atoms with Crippen molar-refractivity contribution < 1.29 is 13.6 Å². The van der Waals surface area contributed by atoms with Crippen LogP contribution in [0.15, 0.2) is 18.2 Å². The van der Waals surface area contributed by atoms with Crippen LogP contribution in [0.2, 0.25) is 0 Å². The van der Waals surface area contributed by atoms with Gasteiger partial charge >= 0.3 is 0 Å². The van der Waals surface area contributed by atoms with Crippen LogP contribution < -0.4 is 10.7 Å². The first-order valence-corrected chi connectivity index (χ1v) is 4.65. The summed E-state index contributed by atoms with van der Waals surface area (Å²) in [7, 11) is 3.41. The molecule has 2 N–H and O–H groups in total. The van der Waals surface area contributed by atoms with Gasteiger partial charge in [-0.3, -0.25) is 9.80 Å². The molecule has 16 heavy (non-hydrogen) atoms. The Hall–Kier alpha value is -1.53. The van der Waals surface area contributed by atoms with Crippen LogP contribution in [0, 0.1) is 11.6 Å². The zero-order valence-electron chi connectivity index (χ0n) is 9.05. The molecule has 0 saturated carbocycles. The van der Waals surface area contributed by atoms with Crippen LogP contribution in [-0.2, 0) is 4.79 Å². The number of nitrogens with zero attached hydrogens (tertiary/aromatic N) is 1. The molecular formula is C10H13F2N3O. The van der Waals surface area contributed by atoms with Crippen LogP contribution in [0.1, 0.15) is 0 Å². The minimum Gasteiger partial charge on any atom is -0.320 e. The van der Waals surface area contributed by atoms with E-state index in [2.05, 4.69) is 10.7 Å². The summed E-state index contributed by atoms with van der Waals surface area (Å²) in [6.07, 6.45) is 0. The molecule has 1 aromatic carbocycles. The molecule has 0 spiro atoms. The number of benzene rings is 1. The Labute approximate surface area is 92.2 Å². The van der Waals surface area contributed by atoms with Gasteiger partial charge in [-0.25, -0.2) is 14.2 Å². The van der Waals surface area contributed by atoms with E-state index in [-0.39, 0.29) is 6.54 Å². The van der Waals surface area contributed by atoms with Crippen molar-refractivity contribution in [3.63, 3.8) is 0 Å². The number of hydrazine groups is 1. The van der Waals surface area contributed by atoms with Gasteiger partial charge in [0.25, 0.3) is 0 Å². The Morgan fingerprint density at radius 1 is 1.31 bits per heavy atom. The molecule has 1 aromatic rings. The molecule has 88 valence electrons. The highest BCUT2D eigenvalue weighted by Gasteiger charge is 2.11. The third-order valence-corrected chi connectivity index (χ3v) is 1.78. The monoisotopic (exact) mass is 229 g/mol. The molecule has 4 nitrogen and oxygen atoms in total. The van der Waals surface area contributed by atoms with Crippen molar-refractivity contribution >= 4 is 11.6 Å². The average Bonchev–Trinajstić information content (AvgIpc) is 2.21. The van der Waals surface area contributed by atoms with Gasteiger partial charge in [-0.05, 0) is 12.1 Å². The SMILES string of the molecule is CN(C)NCC(=O)Nc1c(F)cccc1F. The number of amides is 1. The maximum absolute atomic E-state index is 13.1. The van der Waals surface area contributed by atoms with Crippen LogP contribution in [0.25, 0.3) is 0 Å². The summed E-state index contributed by atoms with van der Waals surface area (Å²) >= 11 is 0. The van der Waals surface area contributed by atoms with Crippen LogP contribution in [0.3, 0.4) is 0 Å². The summed E-state index contributed by atoms with van der Waals surface area (Å²) < 4.78 is 26.2. The maximum atomic E-state index is 13.1. The Morgan fingerprint density at radius 3 is 2.38 bits per heavy atom. The third-order valence-electron chi connectivity index (χ3n) is 1.78. The molecule has 1 amide bonds. The molecule has 0 unspecified atom stereocenters. The van der Waals surface area contributed by atoms with Crippen molar-refractivity contribution in [2.24, 2.45) is 0 Å². The molecule has 0 aromatic heterocycles. The molecule has 6 heteroatoms. The topological polar surface area (TPSA) is 44.4 Å². The Kier molecular flexibility index (Phi) is 4.33. The van der Waals surface area contributed by atoms with Gasteiger partial charge < -0.3 is 5.32 Å². The van der Waals surface area contributed by atoms with Gasteiger partial charge in [-0.2, -0.15) is 0 Å². The van der Waals surface area contributed by atoms with E-state index in [4.69, 9.17) is 0 Å².